The fraction of sp³-hybridized carbons (Fsp3) is 0.423. The van der Waals surface area contributed by atoms with Crippen molar-refractivity contribution in [2.75, 3.05) is 20.0 Å². The molecule has 192 valence electrons. The maximum absolute atomic E-state index is 13.5. The largest absolute Gasteiger partial charge is 0.490 e. The third-order valence-corrected chi connectivity index (χ3v) is 6.69. The SMILES string of the molecule is CCc1cc2c(=O)c(-c3ccc4c(c3)OCO4)c(C)oc2cc1OC[C@@H]1O[C@@H](CO)[C@@H](O)[C@@H](O)[C@@H]1O. The Morgan fingerprint density at radius 3 is 2.50 bits per heavy atom. The molecule has 0 saturated carbocycles. The first kappa shape index (κ1) is 24.5. The molecule has 3 aromatic rings. The van der Waals surface area contributed by atoms with Gasteiger partial charge in [0.05, 0.1) is 17.6 Å². The highest BCUT2D eigenvalue weighted by Crippen LogP contribution is 2.37. The molecule has 0 spiro atoms. The molecule has 1 fully saturated rings. The summed E-state index contributed by atoms with van der Waals surface area (Å²) in [7, 11) is 0. The monoisotopic (exact) mass is 500 g/mol. The normalized spacial score (nSPS) is 25.3. The Morgan fingerprint density at radius 1 is 1.00 bits per heavy atom. The number of hydrogen-bond acceptors (Lipinski definition) is 10. The maximum atomic E-state index is 13.5. The average Bonchev–Trinajstić information content (AvgIpc) is 3.34. The average molecular weight is 501 g/mol. The molecule has 0 radical (unpaired) electrons. The fourth-order valence-electron chi connectivity index (χ4n) is 4.66. The van der Waals surface area contributed by atoms with E-state index in [0.717, 1.165) is 5.56 Å². The van der Waals surface area contributed by atoms with Crippen LogP contribution in [0.15, 0.2) is 39.5 Å². The van der Waals surface area contributed by atoms with Crippen LogP contribution in [-0.4, -0.2) is 71.0 Å². The molecular formula is C26H28O10. The summed E-state index contributed by atoms with van der Waals surface area (Å²) in [6.45, 7) is 3.08. The molecule has 10 heteroatoms. The van der Waals surface area contributed by atoms with E-state index in [1.165, 1.54) is 0 Å². The number of fused-ring (bicyclic) bond motifs is 2. The van der Waals surface area contributed by atoms with Gasteiger partial charge in [-0.25, -0.2) is 0 Å². The zero-order valence-electron chi connectivity index (χ0n) is 19.8. The number of aryl methyl sites for hydroxylation is 2. The molecule has 5 rings (SSSR count). The summed E-state index contributed by atoms with van der Waals surface area (Å²) >= 11 is 0. The molecule has 36 heavy (non-hydrogen) atoms. The molecule has 0 amide bonds. The lowest BCUT2D eigenvalue weighted by Crippen LogP contribution is -2.59. The Hall–Kier alpha value is -3.15. The van der Waals surface area contributed by atoms with Crippen LogP contribution in [0.5, 0.6) is 17.2 Å². The van der Waals surface area contributed by atoms with Crippen molar-refractivity contribution in [1.29, 1.82) is 0 Å². The Bertz CT molecular complexity index is 1330. The van der Waals surface area contributed by atoms with Crippen LogP contribution in [0.1, 0.15) is 18.2 Å². The summed E-state index contributed by atoms with van der Waals surface area (Å²) in [5.74, 6) is 2.05. The van der Waals surface area contributed by atoms with Gasteiger partial charge in [0.15, 0.2) is 11.5 Å². The summed E-state index contributed by atoms with van der Waals surface area (Å²) in [5, 5.41) is 40.1. The van der Waals surface area contributed by atoms with E-state index in [4.69, 9.17) is 23.4 Å². The number of ether oxygens (including phenoxy) is 4. The van der Waals surface area contributed by atoms with Crippen molar-refractivity contribution in [2.24, 2.45) is 0 Å². The number of rotatable bonds is 6. The fourth-order valence-corrected chi connectivity index (χ4v) is 4.66. The highest BCUT2D eigenvalue weighted by Gasteiger charge is 2.43. The van der Waals surface area contributed by atoms with Crippen molar-refractivity contribution >= 4 is 11.0 Å². The van der Waals surface area contributed by atoms with Gasteiger partial charge >= 0.3 is 0 Å². The minimum Gasteiger partial charge on any atom is -0.490 e. The van der Waals surface area contributed by atoms with Crippen LogP contribution >= 0.6 is 0 Å². The Kier molecular flexibility index (Phi) is 6.62. The summed E-state index contributed by atoms with van der Waals surface area (Å²) in [6, 6.07) is 8.65. The Morgan fingerprint density at radius 2 is 1.75 bits per heavy atom. The third kappa shape index (κ3) is 4.21. The Labute approximate surface area is 206 Å². The van der Waals surface area contributed by atoms with Crippen LogP contribution in [0.2, 0.25) is 0 Å². The lowest BCUT2D eigenvalue weighted by atomic mass is 9.95. The molecule has 0 unspecified atom stereocenters. The van der Waals surface area contributed by atoms with Crippen LogP contribution in [0.4, 0.5) is 0 Å². The smallest absolute Gasteiger partial charge is 0.231 e. The number of aliphatic hydroxyl groups is 4. The van der Waals surface area contributed by atoms with Gasteiger partial charge in [0.2, 0.25) is 12.2 Å². The maximum Gasteiger partial charge on any atom is 0.231 e. The second-order valence-corrected chi connectivity index (χ2v) is 8.92. The van der Waals surface area contributed by atoms with Gasteiger partial charge < -0.3 is 43.8 Å². The molecule has 3 heterocycles. The quantitative estimate of drug-likeness (QED) is 0.390. The van der Waals surface area contributed by atoms with Crippen LogP contribution < -0.4 is 19.6 Å². The standard InChI is InChI=1S/C26H28O10/c1-3-13-6-15-18(8-17(13)32-10-21-25(30)26(31)24(29)20(9-27)36-21)35-12(2)22(23(15)28)14-4-5-16-19(7-14)34-11-33-16/h4-8,20-21,24-27,29-31H,3,9-11H2,1-2H3/t20-,21-,24+,25+,26+/m0/s1. The first-order chi connectivity index (χ1) is 17.3. The first-order valence-electron chi connectivity index (χ1n) is 11.8. The molecule has 2 aliphatic rings. The molecule has 1 aromatic heterocycles. The van der Waals surface area contributed by atoms with Crippen LogP contribution in [-0.2, 0) is 11.2 Å². The van der Waals surface area contributed by atoms with Gasteiger partial charge in [-0.3, -0.25) is 4.79 Å². The number of aliphatic hydroxyl groups excluding tert-OH is 4. The molecule has 10 nitrogen and oxygen atoms in total. The van der Waals surface area contributed by atoms with Crippen LogP contribution in [0.25, 0.3) is 22.1 Å². The van der Waals surface area contributed by atoms with Gasteiger partial charge in [0.1, 0.15) is 54.2 Å². The molecule has 1 saturated heterocycles. The summed E-state index contributed by atoms with van der Waals surface area (Å²) in [6.07, 6.45) is -5.78. The lowest BCUT2D eigenvalue weighted by molar-refractivity contribution is -0.234. The van der Waals surface area contributed by atoms with E-state index >= 15 is 0 Å². The highest BCUT2D eigenvalue weighted by atomic mass is 16.7. The number of benzene rings is 2. The summed E-state index contributed by atoms with van der Waals surface area (Å²) < 4.78 is 28.3. The van der Waals surface area contributed by atoms with Crippen molar-refractivity contribution in [1.82, 2.24) is 0 Å². The number of hydrogen-bond donors (Lipinski definition) is 4. The molecular weight excluding hydrogens is 472 g/mol. The molecule has 0 aliphatic carbocycles. The molecule has 5 atom stereocenters. The van der Waals surface area contributed by atoms with Gasteiger partial charge in [0, 0.05) is 6.07 Å². The predicted molar refractivity (Wildman–Crippen MR) is 127 cm³/mol. The Balaban J connectivity index is 1.46. The highest BCUT2D eigenvalue weighted by molar-refractivity contribution is 5.85. The lowest BCUT2D eigenvalue weighted by Gasteiger charge is -2.39. The van der Waals surface area contributed by atoms with Crippen LogP contribution in [0.3, 0.4) is 0 Å². The zero-order chi connectivity index (χ0) is 25.6. The molecule has 2 aliphatic heterocycles. The van der Waals surface area contributed by atoms with E-state index in [2.05, 4.69) is 0 Å². The third-order valence-electron chi connectivity index (χ3n) is 6.69. The summed E-state index contributed by atoms with van der Waals surface area (Å²) in [5.41, 5.74) is 1.97. The van der Waals surface area contributed by atoms with E-state index in [0.29, 0.717) is 51.5 Å². The van der Waals surface area contributed by atoms with Crippen LogP contribution in [0, 0.1) is 6.92 Å². The molecule has 0 bridgehead atoms. The second kappa shape index (κ2) is 9.72. The van der Waals surface area contributed by atoms with E-state index in [-0.39, 0.29) is 18.8 Å². The van der Waals surface area contributed by atoms with Crippen molar-refractivity contribution in [3.8, 4) is 28.4 Å². The molecule has 2 aromatic carbocycles. The first-order valence-corrected chi connectivity index (χ1v) is 11.8. The summed E-state index contributed by atoms with van der Waals surface area (Å²) in [4.78, 5) is 13.5. The minimum absolute atomic E-state index is 0.135. The van der Waals surface area contributed by atoms with Gasteiger partial charge in [-0.05, 0) is 42.7 Å². The van der Waals surface area contributed by atoms with Crippen molar-refractivity contribution in [2.45, 2.75) is 50.8 Å². The van der Waals surface area contributed by atoms with Gasteiger partial charge in [-0.1, -0.05) is 13.0 Å². The minimum atomic E-state index is -1.48. The van der Waals surface area contributed by atoms with Crippen molar-refractivity contribution < 1.29 is 43.8 Å². The van der Waals surface area contributed by atoms with E-state index in [9.17, 15) is 25.2 Å². The van der Waals surface area contributed by atoms with Crippen molar-refractivity contribution in [3.05, 3.63) is 51.9 Å². The molecule has 4 N–H and O–H groups in total. The van der Waals surface area contributed by atoms with Crippen molar-refractivity contribution in [3.63, 3.8) is 0 Å². The second-order valence-electron chi connectivity index (χ2n) is 8.92. The van der Waals surface area contributed by atoms with Gasteiger partial charge in [-0.2, -0.15) is 0 Å². The zero-order valence-corrected chi connectivity index (χ0v) is 19.8. The predicted octanol–water partition coefficient (Wildman–Crippen LogP) is 1.28. The van der Waals surface area contributed by atoms with E-state index < -0.39 is 37.1 Å². The van der Waals surface area contributed by atoms with E-state index in [1.54, 1.807) is 37.3 Å². The topological polar surface area (TPSA) is 148 Å². The van der Waals surface area contributed by atoms with Gasteiger partial charge in [-0.15, -0.1) is 0 Å². The van der Waals surface area contributed by atoms with E-state index in [1.807, 2.05) is 6.92 Å². The van der Waals surface area contributed by atoms with Gasteiger partial charge in [0.25, 0.3) is 0 Å².